The van der Waals surface area contributed by atoms with Crippen LogP contribution in [0, 0.1) is 5.41 Å². The van der Waals surface area contributed by atoms with Gasteiger partial charge in [0.25, 0.3) is 5.91 Å². The number of aldehydes is 1. The molecule has 1 aromatic carbocycles. The van der Waals surface area contributed by atoms with E-state index in [1.54, 1.807) is 29.2 Å². The Morgan fingerprint density at radius 2 is 1.91 bits per heavy atom. The predicted molar refractivity (Wildman–Crippen MR) is 88.0 cm³/mol. The first-order valence-electron chi connectivity index (χ1n) is 7.96. The van der Waals surface area contributed by atoms with Gasteiger partial charge in [0, 0.05) is 12.1 Å². The average molecular weight is 316 g/mol. The van der Waals surface area contributed by atoms with Crippen molar-refractivity contribution in [2.75, 3.05) is 6.54 Å². The summed E-state index contributed by atoms with van der Waals surface area (Å²) in [5, 5.41) is 2.85. The van der Waals surface area contributed by atoms with Gasteiger partial charge in [-0.3, -0.25) is 9.59 Å². The van der Waals surface area contributed by atoms with Crippen LogP contribution in [-0.4, -0.2) is 41.6 Å². The van der Waals surface area contributed by atoms with Crippen LogP contribution in [-0.2, 0) is 9.59 Å². The van der Waals surface area contributed by atoms with Crippen molar-refractivity contribution in [3.8, 4) is 0 Å². The molecule has 0 bridgehead atoms. The van der Waals surface area contributed by atoms with Gasteiger partial charge in [0.1, 0.15) is 12.3 Å². The van der Waals surface area contributed by atoms with E-state index in [-0.39, 0.29) is 17.9 Å². The molecule has 1 aliphatic heterocycles. The Kier molecular flexibility index (Phi) is 5.19. The molecule has 0 aromatic heterocycles. The summed E-state index contributed by atoms with van der Waals surface area (Å²) in [4.78, 5) is 38.0. The van der Waals surface area contributed by atoms with Crippen molar-refractivity contribution in [3.63, 3.8) is 0 Å². The quantitative estimate of drug-likeness (QED) is 0.864. The minimum absolute atomic E-state index is 0.184. The Hall–Kier alpha value is -2.17. The maximum atomic E-state index is 12.9. The van der Waals surface area contributed by atoms with Crippen LogP contribution in [0.15, 0.2) is 30.3 Å². The minimum Gasteiger partial charge on any atom is -0.340 e. The fourth-order valence-electron chi connectivity index (χ4n) is 2.83. The molecular formula is C18H24N2O3. The van der Waals surface area contributed by atoms with Crippen molar-refractivity contribution in [2.45, 2.75) is 45.7 Å². The molecule has 23 heavy (non-hydrogen) atoms. The average Bonchev–Trinajstić information content (AvgIpc) is 3.00. The fourth-order valence-corrected chi connectivity index (χ4v) is 2.83. The van der Waals surface area contributed by atoms with Gasteiger partial charge in [0.2, 0.25) is 5.91 Å². The number of nitrogens with zero attached hydrogens (tertiary/aromatic N) is 1. The number of benzene rings is 1. The molecule has 2 rings (SSSR count). The van der Waals surface area contributed by atoms with Gasteiger partial charge in [0.15, 0.2) is 0 Å². The highest BCUT2D eigenvalue weighted by Gasteiger charge is 2.39. The lowest BCUT2D eigenvalue weighted by Crippen LogP contribution is -2.55. The number of likely N-dealkylation sites (tertiary alicyclic amines) is 1. The van der Waals surface area contributed by atoms with Gasteiger partial charge in [-0.15, -0.1) is 0 Å². The van der Waals surface area contributed by atoms with E-state index >= 15 is 0 Å². The number of nitrogens with one attached hydrogen (secondary N) is 1. The number of carbonyl (C=O) groups excluding carboxylic acids is 3. The molecule has 124 valence electrons. The zero-order chi connectivity index (χ0) is 17.0. The largest absolute Gasteiger partial charge is 0.340 e. The van der Waals surface area contributed by atoms with E-state index < -0.39 is 11.5 Å². The summed E-state index contributed by atoms with van der Waals surface area (Å²) < 4.78 is 0. The minimum atomic E-state index is -0.671. The van der Waals surface area contributed by atoms with Crippen LogP contribution in [0.2, 0.25) is 0 Å². The van der Waals surface area contributed by atoms with Crippen molar-refractivity contribution in [1.29, 1.82) is 0 Å². The van der Waals surface area contributed by atoms with E-state index in [1.165, 1.54) is 0 Å². The summed E-state index contributed by atoms with van der Waals surface area (Å²) in [6.07, 6.45) is 2.33. The highest BCUT2D eigenvalue weighted by atomic mass is 16.2. The zero-order valence-corrected chi connectivity index (χ0v) is 13.9. The van der Waals surface area contributed by atoms with Crippen LogP contribution in [0.4, 0.5) is 0 Å². The molecule has 1 N–H and O–H groups in total. The van der Waals surface area contributed by atoms with Crippen molar-refractivity contribution < 1.29 is 14.4 Å². The molecule has 0 radical (unpaired) electrons. The molecule has 5 heteroatoms. The summed E-state index contributed by atoms with van der Waals surface area (Å²) in [6, 6.07) is 7.78. The van der Waals surface area contributed by atoms with Crippen LogP contribution in [0.5, 0.6) is 0 Å². The maximum Gasteiger partial charge on any atom is 0.251 e. The van der Waals surface area contributed by atoms with Gasteiger partial charge in [-0.2, -0.15) is 0 Å². The molecule has 2 atom stereocenters. The van der Waals surface area contributed by atoms with Gasteiger partial charge in [-0.05, 0) is 30.4 Å². The van der Waals surface area contributed by atoms with Gasteiger partial charge < -0.3 is 15.0 Å². The lowest BCUT2D eigenvalue weighted by Gasteiger charge is -2.34. The molecule has 2 amide bonds. The maximum absolute atomic E-state index is 12.9. The van der Waals surface area contributed by atoms with Crippen molar-refractivity contribution in [1.82, 2.24) is 10.2 Å². The summed E-state index contributed by atoms with van der Waals surface area (Å²) in [7, 11) is 0. The van der Waals surface area contributed by atoms with Crippen molar-refractivity contribution in [2.24, 2.45) is 5.41 Å². The van der Waals surface area contributed by atoms with Crippen molar-refractivity contribution >= 4 is 18.1 Å². The number of carbonyl (C=O) groups is 3. The Bertz CT molecular complexity index is 578. The third-order valence-corrected chi connectivity index (χ3v) is 4.16. The van der Waals surface area contributed by atoms with E-state index in [1.807, 2.05) is 26.8 Å². The smallest absolute Gasteiger partial charge is 0.251 e. The molecule has 0 aliphatic carbocycles. The second-order valence-corrected chi connectivity index (χ2v) is 7.02. The molecule has 1 saturated heterocycles. The van der Waals surface area contributed by atoms with Crippen molar-refractivity contribution in [3.05, 3.63) is 35.9 Å². The summed E-state index contributed by atoms with van der Waals surface area (Å²) in [5.41, 5.74) is 0.0697. The van der Waals surface area contributed by atoms with E-state index in [0.717, 1.165) is 12.7 Å². The summed E-state index contributed by atoms with van der Waals surface area (Å²) >= 11 is 0. The Morgan fingerprint density at radius 3 is 2.48 bits per heavy atom. The monoisotopic (exact) mass is 316 g/mol. The molecule has 5 nitrogen and oxygen atoms in total. The third-order valence-electron chi connectivity index (χ3n) is 4.16. The van der Waals surface area contributed by atoms with Gasteiger partial charge in [0.05, 0.1) is 6.04 Å². The lowest BCUT2D eigenvalue weighted by atomic mass is 9.85. The predicted octanol–water partition coefficient (Wildman–Crippen LogP) is 2.02. The first-order chi connectivity index (χ1) is 10.8. The van der Waals surface area contributed by atoms with Crippen LogP contribution in [0.25, 0.3) is 0 Å². The molecule has 1 aromatic rings. The first kappa shape index (κ1) is 17.2. The van der Waals surface area contributed by atoms with Crippen LogP contribution in [0.1, 0.15) is 44.0 Å². The molecule has 0 spiro atoms. The molecule has 2 unspecified atom stereocenters. The van der Waals surface area contributed by atoms with Crippen LogP contribution >= 0.6 is 0 Å². The van der Waals surface area contributed by atoms with E-state index in [9.17, 15) is 14.4 Å². The van der Waals surface area contributed by atoms with Gasteiger partial charge in [-0.25, -0.2) is 0 Å². The van der Waals surface area contributed by atoms with E-state index in [2.05, 4.69) is 5.32 Å². The normalized spacial score (nSPS) is 19.3. The topological polar surface area (TPSA) is 66.5 Å². The van der Waals surface area contributed by atoms with E-state index in [4.69, 9.17) is 0 Å². The van der Waals surface area contributed by atoms with Gasteiger partial charge >= 0.3 is 0 Å². The molecule has 1 heterocycles. The highest BCUT2D eigenvalue weighted by molar-refractivity contribution is 5.98. The second kappa shape index (κ2) is 6.94. The highest BCUT2D eigenvalue weighted by Crippen LogP contribution is 2.25. The van der Waals surface area contributed by atoms with E-state index in [0.29, 0.717) is 18.5 Å². The molecule has 1 fully saturated rings. The Balaban J connectivity index is 2.19. The van der Waals surface area contributed by atoms with Gasteiger partial charge in [-0.1, -0.05) is 39.0 Å². The Morgan fingerprint density at radius 1 is 1.26 bits per heavy atom. The Labute approximate surface area is 137 Å². The third kappa shape index (κ3) is 3.97. The fraction of sp³-hybridized carbons (Fsp3) is 0.500. The SMILES string of the molecule is CC(C)(C)C(NC(=O)c1ccccc1)C(=O)N1CCCC1C=O. The molecule has 1 aliphatic rings. The summed E-state index contributed by atoms with van der Waals surface area (Å²) in [6.45, 7) is 6.29. The summed E-state index contributed by atoms with van der Waals surface area (Å²) in [5.74, 6) is -0.461. The first-order valence-corrected chi connectivity index (χ1v) is 7.96. The number of rotatable bonds is 4. The number of hydrogen-bond acceptors (Lipinski definition) is 3. The zero-order valence-electron chi connectivity index (χ0n) is 13.9. The number of hydrogen-bond donors (Lipinski definition) is 1. The van der Waals surface area contributed by atoms with Crippen LogP contribution in [0.3, 0.4) is 0 Å². The molecule has 0 saturated carbocycles. The van der Waals surface area contributed by atoms with Crippen LogP contribution < -0.4 is 5.32 Å². The lowest BCUT2D eigenvalue weighted by molar-refractivity contribution is -0.138. The standard InChI is InChI=1S/C18H24N2O3/c1-18(2,3)15(17(23)20-11-7-10-14(20)12-21)19-16(22)13-8-5-4-6-9-13/h4-6,8-9,12,14-15H,7,10-11H2,1-3H3,(H,19,22). The molecular weight excluding hydrogens is 292 g/mol. The number of amides is 2. The second-order valence-electron chi connectivity index (χ2n) is 7.02.